The summed E-state index contributed by atoms with van der Waals surface area (Å²) >= 11 is 12.0. The Hall–Kier alpha value is -1.34. The monoisotopic (exact) mass is 370 g/mol. The Labute approximate surface area is 151 Å². The standard InChI is InChI=1S/C16H20Cl2N4O2/c1-21-6-7-24-12(10-21)9-16(23)19-15-4-5-22(20-15)11-2-3-13(17)14(18)8-11/h2-3,8,12H,4-7,9-10H2,1H3,(H,19,20,23)/t12-/m0/s1. The molecule has 2 aliphatic heterocycles. The van der Waals surface area contributed by atoms with Gasteiger partial charge in [-0.15, -0.1) is 0 Å². The number of hydrazone groups is 1. The molecule has 1 fully saturated rings. The lowest BCUT2D eigenvalue weighted by molar-refractivity contribution is -0.124. The third kappa shape index (κ3) is 4.39. The molecule has 3 rings (SSSR count). The van der Waals surface area contributed by atoms with E-state index in [9.17, 15) is 4.79 Å². The number of nitrogens with zero attached hydrogens (tertiary/aromatic N) is 3. The number of carbonyl (C=O) groups is 1. The zero-order valence-electron chi connectivity index (χ0n) is 13.5. The van der Waals surface area contributed by atoms with Crippen molar-refractivity contribution in [2.45, 2.75) is 18.9 Å². The summed E-state index contributed by atoms with van der Waals surface area (Å²) in [7, 11) is 2.03. The highest BCUT2D eigenvalue weighted by Crippen LogP contribution is 2.28. The molecule has 1 saturated heterocycles. The van der Waals surface area contributed by atoms with Gasteiger partial charge in [0.25, 0.3) is 0 Å². The van der Waals surface area contributed by atoms with Gasteiger partial charge in [-0.25, -0.2) is 0 Å². The van der Waals surface area contributed by atoms with Crippen LogP contribution >= 0.6 is 23.2 Å². The molecule has 130 valence electrons. The van der Waals surface area contributed by atoms with Crippen molar-refractivity contribution < 1.29 is 9.53 Å². The van der Waals surface area contributed by atoms with Crippen molar-refractivity contribution in [3.05, 3.63) is 28.2 Å². The first-order valence-corrected chi connectivity index (χ1v) is 8.67. The Kier molecular flexibility index (Phi) is 5.61. The van der Waals surface area contributed by atoms with Crippen molar-refractivity contribution in [2.75, 3.05) is 38.3 Å². The summed E-state index contributed by atoms with van der Waals surface area (Å²) in [6.45, 7) is 3.04. The van der Waals surface area contributed by atoms with Crippen LogP contribution in [-0.2, 0) is 9.53 Å². The number of halogens is 2. The van der Waals surface area contributed by atoms with Crippen LogP contribution in [0.2, 0.25) is 10.0 Å². The molecule has 2 heterocycles. The SMILES string of the molecule is CN1CCO[C@@H](CC(=O)NC2=NN(c3ccc(Cl)c(Cl)c3)CC2)C1. The van der Waals surface area contributed by atoms with Crippen molar-refractivity contribution in [1.82, 2.24) is 10.2 Å². The number of nitrogens with one attached hydrogen (secondary N) is 1. The summed E-state index contributed by atoms with van der Waals surface area (Å²) in [6.07, 6.45) is 0.963. The first-order valence-electron chi connectivity index (χ1n) is 7.91. The lowest BCUT2D eigenvalue weighted by Gasteiger charge is -2.29. The largest absolute Gasteiger partial charge is 0.375 e. The fraction of sp³-hybridized carbons (Fsp3) is 0.500. The summed E-state index contributed by atoms with van der Waals surface area (Å²) in [4.78, 5) is 14.3. The van der Waals surface area contributed by atoms with E-state index in [-0.39, 0.29) is 12.0 Å². The zero-order valence-corrected chi connectivity index (χ0v) is 15.0. The first-order chi connectivity index (χ1) is 11.5. The molecule has 1 N–H and O–H groups in total. The van der Waals surface area contributed by atoms with Crippen LogP contribution in [0.3, 0.4) is 0 Å². The second-order valence-electron chi connectivity index (χ2n) is 6.03. The minimum absolute atomic E-state index is 0.0584. The van der Waals surface area contributed by atoms with Gasteiger partial charge in [-0.2, -0.15) is 5.10 Å². The highest BCUT2D eigenvalue weighted by molar-refractivity contribution is 6.42. The van der Waals surface area contributed by atoms with Crippen LogP contribution in [0.4, 0.5) is 5.69 Å². The van der Waals surface area contributed by atoms with E-state index in [0.29, 0.717) is 41.9 Å². The Balaban J connectivity index is 1.55. The lowest BCUT2D eigenvalue weighted by Crippen LogP contribution is -2.43. The molecule has 0 unspecified atom stereocenters. The molecular weight excluding hydrogens is 351 g/mol. The molecule has 6 nitrogen and oxygen atoms in total. The Bertz CT molecular complexity index is 653. The molecule has 1 aromatic carbocycles. The van der Waals surface area contributed by atoms with Crippen LogP contribution in [0.25, 0.3) is 0 Å². The maximum Gasteiger partial charge on any atom is 0.227 e. The molecule has 1 amide bonds. The van der Waals surface area contributed by atoms with E-state index in [0.717, 1.165) is 18.8 Å². The minimum atomic E-state index is -0.0648. The van der Waals surface area contributed by atoms with Crippen LogP contribution in [-0.4, -0.2) is 56.0 Å². The molecule has 1 atom stereocenters. The van der Waals surface area contributed by atoms with E-state index in [1.165, 1.54) is 0 Å². The predicted molar refractivity (Wildman–Crippen MR) is 95.9 cm³/mol. The number of likely N-dealkylation sites (N-methyl/N-ethyl adjacent to an activating group) is 1. The predicted octanol–water partition coefficient (Wildman–Crippen LogP) is 2.35. The Morgan fingerprint density at radius 3 is 2.96 bits per heavy atom. The number of morpholine rings is 1. The fourth-order valence-electron chi connectivity index (χ4n) is 2.79. The summed E-state index contributed by atoms with van der Waals surface area (Å²) in [5, 5.41) is 10.1. The van der Waals surface area contributed by atoms with E-state index < -0.39 is 0 Å². The van der Waals surface area contributed by atoms with Crippen molar-refractivity contribution in [1.29, 1.82) is 0 Å². The number of carbonyl (C=O) groups excluding carboxylic acids is 1. The average Bonchev–Trinajstić information content (AvgIpc) is 2.98. The van der Waals surface area contributed by atoms with Gasteiger partial charge in [0.05, 0.1) is 34.9 Å². The number of hydrogen-bond donors (Lipinski definition) is 1. The van der Waals surface area contributed by atoms with Gasteiger partial charge in [0.1, 0.15) is 5.84 Å². The number of ether oxygens (including phenoxy) is 1. The van der Waals surface area contributed by atoms with Gasteiger partial charge in [0.15, 0.2) is 0 Å². The molecule has 0 aliphatic carbocycles. The third-order valence-electron chi connectivity index (χ3n) is 4.04. The fourth-order valence-corrected chi connectivity index (χ4v) is 3.08. The number of hydrogen-bond acceptors (Lipinski definition) is 5. The van der Waals surface area contributed by atoms with Crippen LogP contribution in [0.1, 0.15) is 12.8 Å². The quantitative estimate of drug-likeness (QED) is 0.886. The highest BCUT2D eigenvalue weighted by Gasteiger charge is 2.23. The maximum atomic E-state index is 12.2. The van der Waals surface area contributed by atoms with Crippen molar-refractivity contribution >= 4 is 40.6 Å². The molecule has 0 aromatic heterocycles. The van der Waals surface area contributed by atoms with Gasteiger partial charge in [-0.3, -0.25) is 9.80 Å². The molecule has 8 heteroatoms. The smallest absolute Gasteiger partial charge is 0.227 e. The van der Waals surface area contributed by atoms with Crippen molar-refractivity contribution in [2.24, 2.45) is 5.10 Å². The van der Waals surface area contributed by atoms with Gasteiger partial charge in [0.2, 0.25) is 5.91 Å². The Morgan fingerprint density at radius 2 is 2.21 bits per heavy atom. The zero-order chi connectivity index (χ0) is 17.1. The van der Waals surface area contributed by atoms with Gasteiger partial charge < -0.3 is 15.0 Å². The summed E-state index contributed by atoms with van der Waals surface area (Å²) in [6, 6.07) is 5.36. The van der Waals surface area contributed by atoms with E-state index in [2.05, 4.69) is 15.3 Å². The van der Waals surface area contributed by atoms with Gasteiger partial charge >= 0.3 is 0 Å². The molecule has 0 saturated carbocycles. The Morgan fingerprint density at radius 1 is 1.38 bits per heavy atom. The number of amides is 1. The topological polar surface area (TPSA) is 57.2 Å². The second-order valence-corrected chi connectivity index (χ2v) is 6.84. The molecule has 24 heavy (non-hydrogen) atoms. The summed E-state index contributed by atoms with van der Waals surface area (Å²) in [5.41, 5.74) is 0.853. The lowest BCUT2D eigenvalue weighted by atomic mass is 10.2. The van der Waals surface area contributed by atoms with E-state index >= 15 is 0 Å². The van der Waals surface area contributed by atoms with Crippen LogP contribution < -0.4 is 10.3 Å². The maximum absolute atomic E-state index is 12.2. The van der Waals surface area contributed by atoms with Crippen molar-refractivity contribution in [3.8, 4) is 0 Å². The molecule has 0 radical (unpaired) electrons. The van der Waals surface area contributed by atoms with Gasteiger partial charge in [-0.1, -0.05) is 23.2 Å². The van der Waals surface area contributed by atoms with Crippen LogP contribution in [0, 0.1) is 0 Å². The molecule has 2 aliphatic rings. The molecule has 0 bridgehead atoms. The van der Waals surface area contributed by atoms with E-state index in [1.807, 2.05) is 18.1 Å². The number of anilines is 1. The van der Waals surface area contributed by atoms with Gasteiger partial charge in [-0.05, 0) is 25.2 Å². The third-order valence-corrected chi connectivity index (χ3v) is 4.78. The summed E-state index contributed by atoms with van der Waals surface area (Å²) < 4.78 is 5.62. The average molecular weight is 371 g/mol. The van der Waals surface area contributed by atoms with E-state index in [1.54, 1.807) is 12.1 Å². The van der Waals surface area contributed by atoms with E-state index in [4.69, 9.17) is 27.9 Å². The normalized spacial score (nSPS) is 21.7. The van der Waals surface area contributed by atoms with Crippen molar-refractivity contribution in [3.63, 3.8) is 0 Å². The molecule has 0 spiro atoms. The number of benzene rings is 1. The van der Waals surface area contributed by atoms with Crippen LogP contribution in [0.15, 0.2) is 23.3 Å². The highest BCUT2D eigenvalue weighted by atomic mass is 35.5. The minimum Gasteiger partial charge on any atom is -0.375 e. The first kappa shape index (κ1) is 17.5. The summed E-state index contributed by atoms with van der Waals surface area (Å²) in [5.74, 6) is 0.597. The number of rotatable bonds is 3. The molecule has 1 aromatic rings. The van der Waals surface area contributed by atoms with Gasteiger partial charge in [0, 0.05) is 26.1 Å². The number of amidine groups is 1. The van der Waals surface area contributed by atoms with Crippen LogP contribution in [0.5, 0.6) is 0 Å². The second kappa shape index (κ2) is 7.70. The molecular formula is C16H20Cl2N4O2.